The van der Waals surface area contributed by atoms with E-state index in [0.717, 1.165) is 27.0 Å². The molecule has 13 heteroatoms. The average Bonchev–Trinajstić information content (AvgIpc) is 3.40. The number of rotatable bonds is 8. The Kier molecular flexibility index (Phi) is 8.17. The molecule has 0 spiro atoms. The second kappa shape index (κ2) is 11.2. The Labute approximate surface area is 235 Å². The highest BCUT2D eigenvalue weighted by atomic mass is 127. The maximum Gasteiger partial charge on any atom is 0.266 e. The predicted octanol–water partition coefficient (Wildman–Crippen LogP) is 6.31. The van der Waals surface area contributed by atoms with Gasteiger partial charge in [-0.25, -0.2) is 22.1 Å². The molecule has 0 aliphatic carbocycles. The minimum Gasteiger partial charge on any atom is -0.497 e. The zero-order chi connectivity index (χ0) is 26.7. The Morgan fingerprint density at radius 3 is 2.62 bits per heavy atom. The molecule has 0 atom stereocenters. The largest absolute Gasteiger partial charge is 0.497 e. The quantitative estimate of drug-likeness (QED) is 0.160. The van der Waals surface area contributed by atoms with E-state index in [1.165, 1.54) is 36.7 Å². The molecular formula is C24H17ClFIN4O4S2. The molecule has 4 aromatic rings. The zero-order valence-corrected chi connectivity index (χ0v) is 23.8. The third kappa shape index (κ3) is 5.80. The van der Waals surface area contributed by atoms with Gasteiger partial charge in [0, 0.05) is 17.6 Å². The van der Waals surface area contributed by atoms with Crippen LogP contribution in [0.1, 0.15) is 16.7 Å². The first-order valence-corrected chi connectivity index (χ1v) is 14.1. The molecule has 190 valence electrons. The highest BCUT2D eigenvalue weighted by Crippen LogP contribution is 2.35. The van der Waals surface area contributed by atoms with Crippen molar-refractivity contribution in [1.29, 1.82) is 5.26 Å². The number of methoxy groups -OCH3 is 1. The summed E-state index contributed by atoms with van der Waals surface area (Å²) in [6.45, 7) is 1.84. The molecule has 8 nitrogen and oxygen atoms in total. The summed E-state index contributed by atoms with van der Waals surface area (Å²) in [7, 11) is -2.61. The number of aryl methyl sites for hydroxylation is 1. The summed E-state index contributed by atoms with van der Waals surface area (Å²) in [6, 6.07) is 13.7. The Hall–Kier alpha value is -2.99. The molecule has 0 fully saturated rings. The summed E-state index contributed by atoms with van der Waals surface area (Å²) < 4.78 is 57.8. The number of halogens is 3. The molecule has 3 aromatic carbocycles. The lowest BCUT2D eigenvalue weighted by atomic mass is 10.1. The van der Waals surface area contributed by atoms with Crippen LogP contribution in [0.5, 0.6) is 17.2 Å². The van der Waals surface area contributed by atoms with Crippen LogP contribution >= 0.6 is 45.7 Å². The summed E-state index contributed by atoms with van der Waals surface area (Å²) in [4.78, 5) is 3.97. The average molecular weight is 671 g/mol. The van der Waals surface area contributed by atoms with Crippen LogP contribution in [0.25, 0.3) is 0 Å². The SMILES string of the molecule is COc1ccc(CN(c2ncns2)S(=O)(=O)c2ccc(Oc3cc(Cl)c(F)cc3I)c(C#N)c2)c(C)c1. The number of nitrogens with zero attached hydrogens (tertiary/aromatic N) is 4. The molecule has 37 heavy (non-hydrogen) atoms. The van der Waals surface area contributed by atoms with Crippen LogP contribution in [-0.4, -0.2) is 24.9 Å². The second-order valence-electron chi connectivity index (χ2n) is 7.60. The molecule has 1 aromatic heterocycles. The van der Waals surface area contributed by atoms with E-state index in [-0.39, 0.29) is 38.7 Å². The van der Waals surface area contributed by atoms with Crippen LogP contribution in [0.4, 0.5) is 9.52 Å². The number of nitriles is 1. The van der Waals surface area contributed by atoms with E-state index in [1.807, 2.05) is 41.7 Å². The van der Waals surface area contributed by atoms with Gasteiger partial charge in [-0.2, -0.15) is 9.64 Å². The summed E-state index contributed by atoms with van der Waals surface area (Å²) in [6.07, 6.45) is 1.27. The van der Waals surface area contributed by atoms with Gasteiger partial charge >= 0.3 is 0 Å². The maximum absolute atomic E-state index is 13.8. The first-order chi connectivity index (χ1) is 17.6. The molecule has 0 bridgehead atoms. The van der Waals surface area contributed by atoms with Gasteiger partial charge in [0.05, 0.1) is 32.7 Å². The monoisotopic (exact) mass is 670 g/mol. The summed E-state index contributed by atoms with van der Waals surface area (Å²) >= 11 is 8.67. The van der Waals surface area contributed by atoms with E-state index < -0.39 is 15.8 Å². The number of hydrogen-bond donors (Lipinski definition) is 0. The van der Waals surface area contributed by atoms with Gasteiger partial charge < -0.3 is 9.47 Å². The lowest BCUT2D eigenvalue weighted by Gasteiger charge is -2.23. The second-order valence-corrected chi connectivity index (χ2v) is 11.8. The number of aromatic nitrogens is 2. The van der Waals surface area contributed by atoms with Crippen LogP contribution < -0.4 is 13.8 Å². The molecule has 0 unspecified atom stereocenters. The highest BCUT2D eigenvalue weighted by Gasteiger charge is 2.29. The van der Waals surface area contributed by atoms with E-state index in [4.69, 9.17) is 21.1 Å². The van der Waals surface area contributed by atoms with Crippen molar-refractivity contribution in [1.82, 2.24) is 9.36 Å². The van der Waals surface area contributed by atoms with Gasteiger partial charge in [-0.1, -0.05) is 17.7 Å². The molecule has 0 aliphatic heterocycles. The van der Waals surface area contributed by atoms with Crippen molar-refractivity contribution < 1.29 is 22.3 Å². The maximum atomic E-state index is 13.8. The van der Waals surface area contributed by atoms with Gasteiger partial charge in [-0.3, -0.25) is 0 Å². The molecule has 4 rings (SSSR count). The van der Waals surface area contributed by atoms with Crippen molar-refractivity contribution in [3.8, 4) is 23.3 Å². The third-order valence-corrected chi connectivity index (χ3v) is 8.95. The van der Waals surface area contributed by atoms with Crippen LogP contribution in [0.2, 0.25) is 5.02 Å². The molecule has 0 saturated heterocycles. The van der Waals surface area contributed by atoms with Crippen molar-refractivity contribution in [2.75, 3.05) is 11.4 Å². The van der Waals surface area contributed by atoms with E-state index in [9.17, 15) is 18.1 Å². The number of ether oxygens (including phenoxy) is 2. The van der Waals surface area contributed by atoms with Gasteiger partial charge in [0.25, 0.3) is 10.0 Å². The molecular weight excluding hydrogens is 654 g/mol. The van der Waals surface area contributed by atoms with Crippen LogP contribution in [0.15, 0.2) is 59.8 Å². The van der Waals surface area contributed by atoms with Gasteiger partial charge in [-0.05, 0) is 77.0 Å². The molecule has 0 saturated carbocycles. The Morgan fingerprint density at radius 1 is 1.19 bits per heavy atom. The minimum absolute atomic E-state index is 0.0141. The van der Waals surface area contributed by atoms with Crippen LogP contribution in [-0.2, 0) is 16.6 Å². The molecule has 0 radical (unpaired) electrons. The van der Waals surface area contributed by atoms with Crippen molar-refractivity contribution >= 4 is 60.9 Å². The Morgan fingerprint density at radius 2 is 1.97 bits per heavy atom. The Balaban J connectivity index is 1.72. The fourth-order valence-electron chi connectivity index (χ4n) is 3.33. The fourth-order valence-corrected chi connectivity index (χ4v) is 6.18. The Bertz CT molecular complexity index is 1610. The number of anilines is 1. The first kappa shape index (κ1) is 27.1. The molecule has 0 amide bonds. The van der Waals surface area contributed by atoms with Crippen molar-refractivity contribution in [2.45, 2.75) is 18.4 Å². The van der Waals surface area contributed by atoms with Crippen LogP contribution in [0, 0.1) is 27.6 Å². The summed E-state index contributed by atoms with van der Waals surface area (Å²) in [5.74, 6) is 0.363. The molecule has 0 N–H and O–H groups in total. The number of benzene rings is 3. The van der Waals surface area contributed by atoms with E-state index in [2.05, 4.69) is 9.36 Å². The number of sulfonamides is 1. The van der Waals surface area contributed by atoms with Gasteiger partial charge in [0.15, 0.2) is 0 Å². The van der Waals surface area contributed by atoms with Crippen molar-refractivity contribution in [3.63, 3.8) is 0 Å². The smallest absolute Gasteiger partial charge is 0.266 e. The highest BCUT2D eigenvalue weighted by molar-refractivity contribution is 14.1. The topological polar surface area (TPSA) is 105 Å². The van der Waals surface area contributed by atoms with E-state index in [1.54, 1.807) is 19.2 Å². The predicted molar refractivity (Wildman–Crippen MR) is 146 cm³/mol. The van der Waals surface area contributed by atoms with Crippen molar-refractivity contribution in [2.24, 2.45) is 0 Å². The summed E-state index contributed by atoms with van der Waals surface area (Å²) in [5.41, 5.74) is 1.54. The van der Waals surface area contributed by atoms with E-state index in [0.29, 0.717) is 9.32 Å². The molecule has 0 aliphatic rings. The minimum atomic E-state index is -4.17. The molecule has 1 heterocycles. The summed E-state index contributed by atoms with van der Waals surface area (Å²) in [5, 5.41) is 9.77. The van der Waals surface area contributed by atoms with Gasteiger partial charge in [-0.15, -0.1) is 0 Å². The lowest BCUT2D eigenvalue weighted by molar-refractivity contribution is 0.414. The van der Waals surface area contributed by atoms with Crippen LogP contribution in [0.3, 0.4) is 0 Å². The van der Waals surface area contributed by atoms with Crippen molar-refractivity contribution in [3.05, 3.63) is 86.0 Å². The standard InChI is InChI=1S/C24H17ClFIN4O4S2/c1-14-7-17(34-2)4-3-15(14)12-31(24-29-13-30-36-24)37(32,33)18-5-6-22(16(8-18)11-28)35-23-9-19(25)20(26)10-21(23)27/h3-10,13H,12H2,1-2H3. The van der Waals surface area contributed by atoms with Gasteiger partial charge in [0.2, 0.25) is 5.13 Å². The van der Waals surface area contributed by atoms with E-state index >= 15 is 0 Å². The zero-order valence-electron chi connectivity index (χ0n) is 19.3. The normalized spacial score (nSPS) is 11.1. The lowest BCUT2D eigenvalue weighted by Crippen LogP contribution is -2.31. The van der Waals surface area contributed by atoms with Gasteiger partial charge in [0.1, 0.15) is 35.5 Å². The third-order valence-electron chi connectivity index (χ3n) is 5.28. The fraction of sp³-hybridized carbons (Fsp3) is 0.125. The first-order valence-electron chi connectivity index (χ1n) is 10.4. The number of hydrogen-bond acceptors (Lipinski definition) is 8.